The van der Waals surface area contributed by atoms with Crippen LogP contribution in [0.4, 0.5) is 5.69 Å². The summed E-state index contributed by atoms with van der Waals surface area (Å²) in [6, 6.07) is 15.4. The van der Waals surface area contributed by atoms with Crippen LogP contribution in [0.2, 0.25) is 0 Å². The Morgan fingerprint density at radius 1 is 0.500 bits per heavy atom. The summed E-state index contributed by atoms with van der Waals surface area (Å²) >= 11 is 0. The topological polar surface area (TPSA) is 48.1 Å². The summed E-state index contributed by atoms with van der Waals surface area (Å²) in [5.74, 6) is 0. The minimum absolute atomic E-state index is 0.107. The van der Waals surface area contributed by atoms with Crippen LogP contribution in [0, 0.1) is 10.1 Å². The highest BCUT2D eigenvalue weighted by molar-refractivity contribution is 6.72. The van der Waals surface area contributed by atoms with E-state index >= 15 is 0 Å². The quantitative estimate of drug-likeness (QED) is 0.118. The summed E-state index contributed by atoms with van der Waals surface area (Å²) in [7, 11) is 26.8. The zero-order valence-electron chi connectivity index (χ0n) is 29.3. The van der Waals surface area contributed by atoms with E-state index in [1.165, 1.54) is 87.5 Å². The van der Waals surface area contributed by atoms with E-state index in [0.717, 1.165) is 22.3 Å². The van der Waals surface area contributed by atoms with Crippen LogP contribution >= 0.6 is 0 Å². The maximum atomic E-state index is 12.6. The average Bonchev–Trinajstić information content (AvgIpc) is 3.42. The average molecular weight is 582 g/mol. The fourth-order valence-electron chi connectivity index (χ4n) is 7.90. The first-order valence-corrected chi connectivity index (χ1v) is 16.2. The van der Waals surface area contributed by atoms with Crippen LogP contribution in [-0.4, -0.2) is 104 Å². The molecule has 0 saturated carbocycles. The molecule has 0 amide bonds. The molecule has 1 heterocycles. The monoisotopic (exact) mass is 584 g/mol. The van der Waals surface area contributed by atoms with Gasteiger partial charge in [0.2, 0.25) is 0 Å². The molecule has 46 heavy (non-hydrogen) atoms. The summed E-state index contributed by atoms with van der Waals surface area (Å²) in [6.45, 7) is 0. The van der Waals surface area contributed by atoms with Crippen molar-refractivity contribution in [1.82, 2.24) is 4.57 Å². The lowest BCUT2D eigenvalue weighted by Gasteiger charge is -2.25. The van der Waals surface area contributed by atoms with E-state index in [4.69, 9.17) is 0 Å². The third-order valence-corrected chi connectivity index (χ3v) is 11.4. The normalized spacial score (nSPS) is 11.4. The molecule has 0 fully saturated rings. The molecule has 0 bridgehead atoms. The summed E-state index contributed by atoms with van der Waals surface area (Å²) in [5.41, 5.74) is 22.6. The Morgan fingerprint density at radius 2 is 0.935 bits per heavy atom. The Kier molecular flexibility index (Phi) is 7.94. The largest absolute Gasteiger partial charge is 0.310 e. The van der Waals surface area contributed by atoms with Crippen LogP contribution in [0.25, 0.3) is 49.7 Å². The third kappa shape index (κ3) is 4.47. The number of nitro groups is 1. The first-order valence-electron chi connectivity index (χ1n) is 16.2. The van der Waals surface area contributed by atoms with Crippen LogP contribution in [0.15, 0.2) is 48.5 Å². The van der Waals surface area contributed by atoms with Crippen LogP contribution < -0.4 is 65.6 Å². The SMILES string of the molecule is Bc1c(B)c(B)c(-c2c(B)c(B)c3c4c(B)c(B)c(B)c(B)c4n(-c4ccc(-c5ccccc5)c([N+](=O)[O-])c4)c3c2B)c(B)c1B. The fraction of sp³-hybridized carbons (Fsp3) is 0. The van der Waals surface area contributed by atoms with Crippen molar-refractivity contribution < 1.29 is 4.92 Å². The Morgan fingerprint density at radius 3 is 1.50 bits per heavy atom. The van der Waals surface area contributed by atoms with Gasteiger partial charge in [0.25, 0.3) is 5.69 Å². The van der Waals surface area contributed by atoms with Crippen molar-refractivity contribution in [3.05, 3.63) is 58.6 Å². The van der Waals surface area contributed by atoms with Crippen LogP contribution in [0.3, 0.4) is 0 Å². The molecule has 0 aliphatic carbocycles. The second-order valence-corrected chi connectivity index (χ2v) is 13.4. The number of fused-ring (bicyclic) bond motifs is 3. The smallest absolute Gasteiger partial charge is 0.279 e. The highest BCUT2D eigenvalue weighted by atomic mass is 16.6. The maximum Gasteiger partial charge on any atom is 0.279 e. The van der Waals surface area contributed by atoms with Gasteiger partial charge in [-0.15, -0.1) is 21.9 Å². The lowest BCUT2D eigenvalue weighted by atomic mass is 9.57. The minimum atomic E-state index is -0.245. The second kappa shape index (κ2) is 11.4. The van der Waals surface area contributed by atoms with E-state index in [-0.39, 0.29) is 10.6 Å². The molecule has 6 aromatic rings. The number of benzene rings is 5. The molecule has 0 radical (unpaired) electrons. The maximum absolute atomic E-state index is 12.6. The van der Waals surface area contributed by atoms with Gasteiger partial charge in [-0.25, -0.2) is 0 Å². The molecule has 0 atom stereocenters. The molecule has 0 unspecified atom stereocenters. The predicted octanol–water partition coefficient (Wildman–Crippen LogP) is -12.9. The lowest BCUT2D eigenvalue weighted by Crippen LogP contribution is -2.56. The fourth-order valence-corrected chi connectivity index (χ4v) is 7.90. The van der Waals surface area contributed by atoms with Crippen molar-refractivity contribution in [2.24, 2.45) is 0 Å². The highest BCUT2D eigenvalue weighted by Gasteiger charge is 2.27. The van der Waals surface area contributed by atoms with E-state index < -0.39 is 0 Å². The molecule has 0 N–H and O–H groups in total. The van der Waals surface area contributed by atoms with E-state index in [1.807, 2.05) is 36.4 Å². The molecule has 0 aliphatic heterocycles. The standard InChI is InChI=1S/C30H32B12N2O2/c31-17-14(13-18(32)23(37)26(40)24(38)19(13)33)22(36)29-15(20(17)34)16-21(35)25(39)27(41)28(42)30(16)43(29)10-6-7-11(12(8-10)44(45)46)9-4-2-1-3-5-9/h1-8H,31-42H2. The van der Waals surface area contributed by atoms with Gasteiger partial charge in [-0.1, -0.05) is 74.0 Å². The second-order valence-electron chi connectivity index (χ2n) is 13.4. The molecule has 0 saturated heterocycles. The third-order valence-electron chi connectivity index (χ3n) is 11.4. The molecule has 6 rings (SSSR count). The zero-order chi connectivity index (χ0) is 33.5. The van der Waals surface area contributed by atoms with Crippen molar-refractivity contribution in [2.45, 2.75) is 0 Å². The number of nitro benzene ring substituents is 1. The van der Waals surface area contributed by atoms with E-state index in [1.54, 1.807) is 6.07 Å². The highest BCUT2D eigenvalue weighted by Crippen LogP contribution is 2.35. The Bertz CT molecular complexity index is 2290. The van der Waals surface area contributed by atoms with Crippen LogP contribution in [0.1, 0.15) is 0 Å². The van der Waals surface area contributed by atoms with Gasteiger partial charge < -0.3 is 4.57 Å². The van der Waals surface area contributed by atoms with Gasteiger partial charge >= 0.3 is 0 Å². The molecule has 5 aromatic carbocycles. The van der Waals surface area contributed by atoms with Gasteiger partial charge in [0.05, 0.1) is 16.2 Å². The van der Waals surface area contributed by atoms with Crippen LogP contribution in [0.5, 0.6) is 0 Å². The van der Waals surface area contributed by atoms with Crippen molar-refractivity contribution in [3.8, 4) is 27.9 Å². The minimum Gasteiger partial charge on any atom is -0.310 e. The van der Waals surface area contributed by atoms with Gasteiger partial charge in [0, 0.05) is 17.1 Å². The summed E-state index contributed by atoms with van der Waals surface area (Å²) < 4.78 is 2.32. The van der Waals surface area contributed by atoms with Crippen molar-refractivity contribution in [2.75, 3.05) is 0 Å². The Labute approximate surface area is 282 Å². The van der Waals surface area contributed by atoms with Gasteiger partial charge in [-0.3, -0.25) is 10.1 Å². The predicted molar refractivity (Wildman–Crippen MR) is 236 cm³/mol. The Hall–Kier alpha value is -3.92. The zero-order valence-corrected chi connectivity index (χ0v) is 29.3. The van der Waals surface area contributed by atoms with E-state index in [0.29, 0.717) is 5.56 Å². The van der Waals surface area contributed by atoms with Crippen molar-refractivity contribution >= 4 is 187 Å². The van der Waals surface area contributed by atoms with Crippen molar-refractivity contribution in [3.63, 3.8) is 0 Å². The summed E-state index contributed by atoms with van der Waals surface area (Å²) in [5, 5.41) is 15.1. The van der Waals surface area contributed by atoms with Gasteiger partial charge in [-0.05, 0) is 39.6 Å². The number of nitrogens with zero attached hydrogens (tertiary/aromatic N) is 2. The number of hydrogen-bond donors (Lipinski definition) is 0. The molecular formula is C30H32B12N2O2. The lowest BCUT2D eigenvalue weighted by molar-refractivity contribution is -0.384. The molecule has 4 nitrogen and oxygen atoms in total. The van der Waals surface area contributed by atoms with E-state index in [2.05, 4.69) is 105 Å². The van der Waals surface area contributed by atoms with Gasteiger partial charge in [-0.2, -0.15) is 0 Å². The van der Waals surface area contributed by atoms with Gasteiger partial charge in [0.15, 0.2) is 0 Å². The molecule has 16 heteroatoms. The number of rotatable bonds is 4. The summed E-state index contributed by atoms with van der Waals surface area (Å²) in [4.78, 5) is 12.4. The number of aromatic nitrogens is 1. The Balaban J connectivity index is 1.86. The molecule has 0 spiro atoms. The first-order chi connectivity index (χ1) is 21.7. The molecule has 210 valence electrons. The first kappa shape index (κ1) is 32.0. The molecule has 0 aliphatic rings. The van der Waals surface area contributed by atoms with Gasteiger partial charge in [0.1, 0.15) is 94.2 Å². The van der Waals surface area contributed by atoms with E-state index in [9.17, 15) is 10.1 Å². The number of hydrogen-bond acceptors (Lipinski definition) is 2. The molecule has 1 aromatic heterocycles. The summed E-state index contributed by atoms with van der Waals surface area (Å²) in [6.07, 6.45) is 0. The molecular weight excluding hydrogens is 550 g/mol. The van der Waals surface area contributed by atoms with Crippen molar-refractivity contribution in [1.29, 1.82) is 0 Å². The van der Waals surface area contributed by atoms with Crippen LogP contribution in [-0.2, 0) is 0 Å².